The van der Waals surface area contributed by atoms with Gasteiger partial charge in [0.15, 0.2) is 0 Å². The normalized spacial score (nSPS) is 10.2. The van der Waals surface area contributed by atoms with Crippen molar-refractivity contribution in [3.63, 3.8) is 0 Å². The highest BCUT2D eigenvalue weighted by molar-refractivity contribution is 5.28. The number of aryl methyl sites for hydroxylation is 1. The standard InChI is InChI=1S/C11H16O/c1-4-6-10-9(3)8-12-11(10)7-5-2/h5,8H,2,4,6-7H2,1,3H3. The number of furan rings is 1. The number of allylic oxidation sites excluding steroid dienone is 1. The van der Waals surface area contributed by atoms with Crippen LogP contribution in [0.2, 0.25) is 0 Å². The van der Waals surface area contributed by atoms with Crippen LogP contribution < -0.4 is 0 Å². The van der Waals surface area contributed by atoms with Crippen molar-refractivity contribution in [2.45, 2.75) is 33.1 Å². The van der Waals surface area contributed by atoms with E-state index in [0.717, 1.165) is 18.6 Å². The van der Waals surface area contributed by atoms with Crippen molar-refractivity contribution in [3.8, 4) is 0 Å². The van der Waals surface area contributed by atoms with Crippen LogP contribution in [0, 0.1) is 6.92 Å². The van der Waals surface area contributed by atoms with Crippen LogP contribution in [0.5, 0.6) is 0 Å². The van der Waals surface area contributed by atoms with Crippen LogP contribution in [-0.2, 0) is 12.8 Å². The molecule has 66 valence electrons. The molecule has 0 atom stereocenters. The van der Waals surface area contributed by atoms with Crippen LogP contribution in [0.4, 0.5) is 0 Å². The van der Waals surface area contributed by atoms with Crippen LogP contribution in [0.3, 0.4) is 0 Å². The van der Waals surface area contributed by atoms with Crippen molar-refractivity contribution in [2.24, 2.45) is 0 Å². The third-order valence-electron chi connectivity index (χ3n) is 2.02. The van der Waals surface area contributed by atoms with Gasteiger partial charge in [0.1, 0.15) is 5.76 Å². The Balaban J connectivity index is 2.86. The molecule has 0 aliphatic carbocycles. The quantitative estimate of drug-likeness (QED) is 0.622. The second-order valence-corrected chi connectivity index (χ2v) is 3.06. The maximum Gasteiger partial charge on any atom is 0.110 e. The molecule has 0 aliphatic heterocycles. The summed E-state index contributed by atoms with van der Waals surface area (Å²) in [6.07, 6.45) is 6.86. The second-order valence-electron chi connectivity index (χ2n) is 3.06. The first-order valence-electron chi connectivity index (χ1n) is 4.46. The highest BCUT2D eigenvalue weighted by Gasteiger charge is 2.07. The van der Waals surface area contributed by atoms with Crippen molar-refractivity contribution in [1.29, 1.82) is 0 Å². The van der Waals surface area contributed by atoms with Crippen molar-refractivity contribution < 1.29 is 4.42 Å². The molecule has 1 aromatic rings. The summed E-state index contributed by atoms with van der Waals surface area (Å²) in [6, 6.07) is 0. The SMILES string of the molecule is C=CCc1occ(C)c1CCC. The van der Waals surface area contributed by atoms with E-state index in [1.807, 2.05) is 12.3 Å². The van der Waals surface area contributed by atoms with Crippen LogP contribution in [0.25, 0.3) is 0 Å². The van der Waals surface area contributed by atoms with Gasteiger partial charge in [-0.3, -0.25) is 0 Å². The molecule has 1 heterocycles. The van der Waals surface area contributed by atoms with Gasteiger partial charge >= 0.3 is 0 Å². The zero-order chi connectivity index (χ0) is 8.97. The van der Waals surface area contributed by atoms with E-state index in [9.17, 15) is 0 Å². The van der Waals surface area contributed by atoms with Crippen molar-refractivity contribution in [2.75, 3.05) is 0 Å². The van der Waals surface area contributed by atoms with E-state index in [1.54, 1.807) is 0 Å². The van der Waals surface area contributed by atoms with Gasteiger partial charge in [-0.1, -0.05) is 19.4 Å². The lowest BCUT2D eigenvalue weighted by molar-refractivity contribution is 0.517. The van der Waals surface area contributed by atoms with Gasteiger partial charge < -0.3 is 4.42 Å². The third kappa shape index (κ3) is 1.79. The van der Waals surface area contributed by atoms with Crippen molar-refractivity contribution >= 4 is 0 Å². The van der Waals surface area contributed by atoms with Gasteiger partial charge in [0.25, 0.3) is 0 Å². The van der Waals surface area contributed by atoms with Crippen molar-refractivity contribution in [1.82, 2.24) is 0 Å². The van der Waals surface area contributed by atoms with E-state index < -0.39 is 0 Å². The Morgan fingerprint density at radius 1 is 1.58 bits per heavy atom. The second kappa shape index (κ2) is 4.15. The minimum Gasteiger partial charge on any atom is -0.468 e. The minimum atomic E-state index is 0.850. The molecule has 0 saturated heterocycles. The van der Waals surface area contributed by atoms with Gasteiger partial charge in [-0.25, -0.2) is 0 Å². The van der Waals surface area contributed by atoms with E-state index in [-0.39, 0.29) is 0 Å². The highest BCUT2D eigenvalue weighted by Crippen LogP contribution is 2.18. The maximum absolute atomic E-state index is 5.42. The Morgan fingerprint density at radius 2 is 2.33 bits per heavy atom. The molecule has 1 heteroatoms. The molecule has 0 unspecified atom stereocenters. The molecule has 1 rings (SSSR count). The molecule has 0 spiro atoms. The summed E-state index contributed by atoms with van der Waals surface area (Å²) in [7, 11) is 0. The molecule has 0 saturated carbocycles. The van der Waals surface area contributed by atoms with Gasteiger partial charge in [-0.2, -0.15) is 0 Å². The predicted octanol–water partition coefficient (Wildman–Crippen LogP) is 3.27. The largest absolute Gasteiger partial charge is 0.468 e. The first-order chi connectivity index (χ1) is 5.79. The molecule has 0 radical (unpaired) electrons. The summed E-state index contributed by atoms with van der Waals surface area (Å²) >= 11 is 0. The zero-order valence-corrected chi connectivity index (χ0v) is 7.89. The summed E-state index contributed by atoms with van der Waals surface area (Å²) in [6.45, 7) is 7.99. The van der Waals surface area contributed by atoms with Crippen molar-refractivity contribution in [3.05, 3.63) is 35.8 Å². The van der Waals surface area contributed by atoms with Gasteiger partial charge in [0.2, 0.25) is 0 Å². The number of rotatable bonds is 4. The van der Waals surface area contributed by atoms with E-state index >= 15 is 0 Å². The summed E-state index contributed by atoms with van der Waals surface area (Å²) in [5, 5.41) is 0. The van der Waals surface area contributed by atoms with E-state index in [4.69, 9.17) is 4.42 Å². The molecule has 0 amide bonds. The van der Waals surface area contributed by atoms with Gasteiger partial charge in [-0.05, 0) is 24.5 Å². The minimum absolute atomic E-state index is 0.850. The van der Waals surface area contributed by atoms with Gasteiger partial charge in [0, 0.05) is 6.42 Å². The number of hydrogen-bond donors (Lipinski definition) is 0. The predicted molar refractivity (Wildman–Crippen MR) is 51.3 cm³/mol. The topological polar surface area (TPSA) is 13.1 Å². The van der Waals surface area contributed by atoms with Crippen LogP contribution in [-0.4, -0.2) is 0 Å². The summed E-state index contributed by atoms with van der Waals surface area (Å²) < 4.78 is 5.42. The van der Waals surface area contributed by atoms with Crippen LogP contribution in [0.15, 0.2) is 23.3 Å². The molecular weight excluding hydrogens is 148 g/mol. The molecule has 0 aromatic carbocycles. The van der Waals surface area contributed by atoms with Gasteiger partial charge in [-0.15, -0.1) is 6.58 Å². The van der Waals surface area contributed by atoms with Gasteiger partial charge in [0.05, 0.1) is 6.26 Å². The average Bonchev–Trinajstić information content (AvgIpc) is 2.37. The van der Waals surface area contributed by atoms with Crippen LogP contribution >= 0.6 is 0 Å². The molecule has 0 bridgehead atoms. The fourth-order valence-electron chi connectivity index (χ4n) is 1.41. The fourth-order valence-corrected chi connectivity index (χ4v) is 1.41. The summed E-state index contributed by atoms with van der Waals surface area (Å²) in [4.78, 5) is 0. The Kier molecular flexibility index (Phi) is 3.15. The molecule has 0 N–H and O–H groups in total. The number of hydrogen-bond acceptors (Lipinski definition) is 1. The first kappa shape index (κ1) is 9.11. The monoisotopic (exact) mass is 164 g/mol. The Bertz CT molecular complexity index is 258. The maximum atomic E-state index is 5.42. The first-order valence-corrected chi connectivity index (χ1v) is 4.46. The van der Waals surface area contributed by atoms with E-state index in [0.29, 0.717) is 0 Å². The smallest absolute Gasteiger partial charge is 0.110 e. The Labute approximate surface area is 74.1 Å². The average molecular weight is 164 g/mol. The molecular formula is C11H16O. The van der Waals surface area contributed by atoms with E-state index in [1.165, 1.54) is 17.5 Å². The lowest BCUT2D eigenvalue weighted by Crippen LogP contribution is -1.89. The third-order valence-corrected chi connectivity index (χ3v) is 2.02. The summed E-state index contributed by atoms with van der Waals surface area (Å²) in [5.41, 5.74) is 2.64. The van der Waals surface area contributed by atoms with Crippen LogP contribution in [0.1, 0.15) is 30.2 Å². The molecule has 12 heavy (non-hydrogen) atoms. The lowest BCUT2D eigenvalue weighted by Gasteiger charge is -1.98. The molecule has 1 nitrogen and oxygen atoms in total. The lowest BCUT2D eigenvalue weighted by atomic mass is 10.1. The summed E-state index contributed by atoms with van der Waals surface area (Å²) in [5.74, 6) is 1.09. The highest BCUT2D eigenvalue weighted by atomic mass is 16.3. The Hall–Kier alpha value is -0.980. The molecule has 0 fully saturated rings. The zero-order valence-electron chi connectivity index (χ0n) is 7.89. The fraction of sp³-hybridized carbons (Fsp3) is 0.455. The molecule has 1 aromatic heterocycles. The molecule has 0 aliphatic rings. The Morgan fingerprint density at radius 3 is 2.92 bits per heavy atom. The van der Waals surface area contributed by atoms with E-state index in [2.05, 4.69) is 20.4 Å².